The van der Waals surface area contributed by atoms with Crippen molar-refractivity contribution >= 4 is 59.5 Å². The Morgan fingerprint density at radius 3 is 1.49 bits per heavy atom. The Labute approximate surface area is 214 Å². The fraction of sp³-hybridized carbons (Fsp3) is 0. The summed E-state index contributed by atoms with van der Waals surface area (Å²) in [6.45, 7) is 0. The topological polar surface area (TPSA) is 26.0 Å². The Morgan fingerprint density at radius 2 is 0.865 bits per heavy atom. The van der Waals surface area contributed by atoms with E-state index >= 15 is 0 Å². The molecule has 0 saturated heterocycles. The zero-order valence-electron chi connectivity index (χ0n) is 20.2. The molecule has 0 radical (unpaired) electrons. The van der Waals surface area contributed by atoms with Gasteiger partial charge in [0.1, 0.15) is 0 Å². The molecule has 0 heterocycles. The highest BCUT2D eigenvalue weighted by molar-refractivity contribution is 6.29. The van der Waals surface area contributed by atoms with E-state index in [0.717, 1.165) is 5.69 Å². The summed E-state index contributed by atoms with van der Waals surface area (Å²) in [5.74, 6) is 0. The van der Waals surface area contributed by atoms with Crippen molar-refractivity contribution in [2.45, 2.75) is 0 Å². The summed E-state index contributed by atoms with van der Waals surface area (Å²) in [4.78, 5) is 0. The van der Waals surface area contributed by atoms with E-state index in [1.165, 1.54) is 76.1 Å². The normalized spacial score (nSPS) is 11.9. The number of hydrogen-bond acceptors (Lipinski definition) is 1. The van der Waals surface area contributed by atoms with Gasteiger partial charge in [0.05, 0.1) is 0 Å². The van der Waals surface area contributed by atoms with E-state index in [2.05, 4.69) is 115 Å². The maximum Gasteiger partial charge on any atom is 0.0314 e. The lowest BCUT2D eigenvalue weighted by Crippen LogP contribution is -1.93. The number of fused-ring (bicyclic) bond motifs is 2. The second-order valence-corrected chi connectivity index (χ2v) is 9.93. The molecule has 0 spiro atoms. The van der Waals surface area contributed by atoms with Crippen LogP contribution in [0.2, 0.25) is 0 Å². The molecule has 0 aliphatic carbocycles. The van der Waals surface area contributed by atoms with Crippen LogP contribution < -0.4 is 5.73 Å². The van der Waals surface area contributed by atoms with Crippen LogP contribution in [0.3, 0.4) is 0 Å². The fourth-order valence-corrected chi connectivity index (χ4v) is 6.33. The first-order valence-corrected chi connectivity index (χ1v) is 12.7. The molecule has 37 heavy (non-hydrogen) atoms. The highest BCUT2D eigenvalue weighted by atomic mass is 14.5. The van der Waals surface area contributed by atoms with Crippen LogP contribution in [0.5, 0.6) is 0 Å². The molecular formula is C36H23N. The lowest BCUT2D eigenvalue weighted by atomic mass is 9.83. The Morgan fingerprint density at radius 1 is 0.351 bits per heavy atom. The van der Waals surface area contributed by atoms with Crippen LogP contribution in [0.1, 0.15) is 0 Å². The van der Waals surface area contributed by atoms with Crippen molar-refractivity contribution in [3.63, 3.8) is 0 Å². The standard InChI is InChI=1S/C36H23N/c37-26-18-14-24(15-19-26)34-27-8-1-3-10-29(27)36(30-11-4-2-9-28(30)34)32-21-17-25-13-12-22-6-5-7-23-16-20-31(32)35(25)33(22)23/h1-21H,37H2. The molecule has 0 bridgehead atoms. The van der Waals surface area contributed by atoms with Crippen molar-refractivity contribution < 1.29 is 0 Å². The molecule has 8 aromatic rings. The van der Waals surface area contributed by atoms with Crippen molar-refractivity contribution in [1.82, 2.24) is 0 Å². The highest BCUT2D eigenvalue weighted by Gasteiger charge is 2.19. The van der Waals surface area contributed by atoms with Gasteiger partial charge >= 0.3 is 0 Å². The molecule has 2 N–H and O–H groups in total. The third-order valence-corrected chi connectivity index (χ3v) is 7.93. The van der Waals surface area contributed by atoms with Crippen molar-refractivity contribution in [2.75, 3.05) is 5.73 Å². The lowest BCUT2D eigenvalue weighted by Gasteiger charge is -2.20. The first-order chi connectivity index (χ1) is 18.3. The van der Waals surface area contributed by atoms with Gasteiger partial charge in [-0.2, -0.15) is 0 Å². The summed E-state index contributed by atoms with van der Waals surface area (Å²) in [7, 11) is 0. The minimum atomic E-state index is 0.780. The molecule has 0 unspecified atom stereocenters. The monoisotopic (exact) mass is 469 g/mol. The molecular weight excluding hydrogens is 446 g/mol. The molecule has 0 aliphatic rings. The second-order valence-electron chi connectivity index (χ2n) is 9.93. The van der Waals surface area contributed by atoms with Gasteiger partial charge < -0.3 is 5.73 Å². The Hall–Kier alpha value is -4.88. The summed E-state index contributed by atoms with van der Waals surface area (Å²) in [5.41, 5.74) is 11.8. The summed E-state index contributed by atoms with van der Waals surface area (Å²) in [6.07, 6.45) is 0. The number of rotatable bonds is 2. The molecule has 0 atom stereocenters. The molecule has 0 amide bonds. The summed E-state index contributed by atoms with van der Waals surface area (Å²) in [5, 5.41) is 12.9. The predicted molar refractivity (Wildman–Crippen MR) is 160 cm³/mol. The third-order valence-electron chi connectivity index (χ3n) is 7.93. The zero-order chi connectivity index (χ0) is 24.5. The van der Waals surface area contributed by atoms with Gasteiger partial charge in [-0.15, -0.1) is 0 Å². The van der Waals surface area contributed by atoms with E-state index in [9.17, 15) is 0 Å². The van der Waals surface area contributed by atoms with Crippen molar-refractivity contribution in [3.8, 4) is 22.3 Å². The molecule has 0 aliphatic heterocycles. The number of hydrogen-bond donors (Lipinski definition) is 1. The Balaban J connectivity index is 1.57. The zero-order valence-corrected chi connectivity index (χ0v) is 20.2. The van der Waals surface area contributed by atoms with Gasteiger partial charge in [-0.3, -0.25) is 0 Å². The SMILES string of the molecule is Nc1ccc(-c2c3ccccc3c(-c3ccc4ccc5cccc6ccc3c4c56)c3ccccc23)cc1. The summed E-state index contributed by atoms with van der Waals surface area (Å²) < 4.78 is 0. The predicted octanol–water partition coefficient (Wildman–Crippen LogP) is 9.81. The average molecular weight is 470 g/mol. The summed E-state index contributed by atoms with van der Waals surface area (Å²) >= 11 is 0. The van der Waals surface area contributed by atoms with Crippen LogP contribution in [0.25, 0.3) is 76.1 Å². The van der Waals surface area contributed by atoms with E-state index in [0.29, 0.717) is 0 Å². The van der Waals surface area contributed by atoms with E-state index in [1.807, 2.05) is 12.1 Å². The second kappa shape index (κ2) is 7.56. The average Bonchev–Trinajstić information content (AvgIpc) is 2.95. The molecule has 8 rings (SSSR count). The van der Waals surface area contributed by atoms with E-state index in [-0.39, 0.29) is 0 Å². The highest BCUT2D eigenvalue weighted by Crippen LogP contribution is 2.47. The molecule has 1 nitrogen and oxygen atoms in total. The van der Waals surface area contributed by atoms with Gasteiger partial charge in [-0.25, -0.2) is 0 Å². The smallest absolute Gasteiger partial charge is 0.0314 e. The number of nitrogen functional groups attached to an aromatic ring is 1. The molecule has 0 fully saturated rings. The lowest BCUT2D eigenvalue weighted by molar-refractivity contribution is 1.65. The molecule has 172 valence electrons. The van der Waals surface area contributed by atoms with Crippen LogP contribution >= 0.6 is 0 Å². The molecule has 0 aromatic heterocycles. The van der Waals surface area contributed by atoms with Crippen LogP contribution in [0, 0.1) is 0 Å². The number of nitrogens with two attached hydrogens (primary N) is 1. The Kier molecular flexibility index (Phi) is 4.15. The Bertz CT molecular complexity index is 2060. The van der Waals surface area contributed by atoms with E-state index < -0.39 is 0 Å². The number of anilines is 1. The van der Waals surface area contributed by atoms with E-state index in [4.69, 9.17) is 5.73 Å². The van der Waals surface area contributed by atoms with Gasteiger partial charge in [0, 0.05) is 5.69 Å². The van der Waals surface area contributed by atoms with Crippen LogP contribution in [-0.2, 0) is 0 Å². The molecule has 1 heteroatoms. The van der Waals surface area contributed by atoms with Crippen molar-refractivity contribution in [1.29, 1.82) is 0 Å². The van der Waals surface area contributed by atoms with E-state index in [1.54, 1.807) is 0 Å². The van der Waals surface area contributed by atoms with Crippen molar-refractivity contribution in [2.24, 2.45) is 0 Å². The number of benzene rings is 8. The molecule has 0 saturated carbocycles. The maximum absolute atomic E-state index is 6.05. The first-order valence-electron chi connectivity index (χ1n) is 12.7. The quantitative estimate of drug-likeness (QED) is 0.152. The fourth-order valence-electron chi connectivity index (χ4n) is 6.33. The van der Waals surface area contributed by atoms with Gasteiger partial charge in [0.2, 0.25) is 0 Å². The van der Waals surface area contributed by atoms with Gasteiger partial charge in [-0.05, 0) is 88.2 Å². The van der Waals surface area contributed by atoms with Gasteiger partial charge in [0.15, 0.2) is 0 Å². The van der Waals surface area contributed by atoms with Gasteiger partial charge in [0.25, 0.3) is 0 Å². The third kappa shape index (κ3) is 2.86. The van der Waals surface area contributed by atoms with Crippen LogP contribution in [0.15, 0.2) is 127 Å². The van der Waals surface area contributed by atoms with Crippen molar-refractivity contribution in [3.05, 3.63) is 127 Å². The largest absolute Gasteiger partial charge is 0.399 e. The van der Waals surface area contributed by atoms with Crippen LogP contribution in [0.4, 0.5) is 5.69 Å². The summed E-state index contributed by atoms with van der Waals surface area (Å²) in [6, 6.07) is 46.2. The first kappa shape index (κ1) is 20.3. The maximum atomic E-state index is 6.05. The minimum absolute atomic E-state index is 0.780. The van der Waals surface area contributed by atoms with Gasteiger partial charge in [-0.1, -0.05) is 115 Å². The minimum Gasteiger partial charge on any atom is -0.399 e. The van der Waals surface area contributed by atoms with Crippen LogP contribution in [-0.4, -0.2) is 0 Å². The molecule has 8 aromatic carbocycles.